The summed E-state index contributed by atoms with van der Waals surface area (Å²) in [7, 11) is 0. The van der Waals surface area contributed by atoms with E-state index in [4.69, 9.17) is 9.72 Å². The monoisotopic (exact) mass is 603 g/mol. The molecule has 1 fully saturated rings. The van der Waals surface area contributed by atoms with Crippen LogP contribution in [0.1, 0.15) is 63.6 Å². The first-order valence-electron chi connectivity index (χ1n) is 15.7. The Balaban J connectivity index is 1.44. The van der Waals surface area contributed by atoms with Crippen LogP contribution in [0, 0.1) is 5.41 Å². The Labute approximate surface area is 263 Å². The SMILES string of the molecule is CC(C)(C)OC(=O)NCc1ccc(Cn2c(-c3ccccc3)c(-c3ccccc3)c3c(=N)n([C@H]4CC[C@H](O)CC4)cnc32)cc1. The molecular weight excluding hydrogens is 562 g/mol. The molecule has 0 bridgehead atoms. The van der Waals surface area contributed by atoms with E-state index < -0.39 is 11.7 Å². The van der Waals surface area contributed by atoms with E-state index in [0.29, 0.717) is 18.6 Å². The quantitative estimate of drug-likeness (QED) is 0.183. The van der Waals surface area contributed by atoms with Gasteiger partial charge in [0.05, 0.1) is 23.5 Å². The van der Waals surface area contributed by atoms with Crippen molar-refractivity contribution in [2.24, 2.45) is 0 Å². The van der Waals surface area contributed by atoms with Crippen LogP contribution in [0.5, 0.6) is 0 Å². The molecule has 3 N–H and O–H groups in total. The minimum Gasteiger partial charge on any atom is -0.444 e. The predicted molar refractivity (Wildman–Crippen MR) is 177 cm³/mol. The van der Waals surface area contributed by atoms with Crippen molar-refractivity contribution in [3.8, 4) is 22.4 Å². The molecule has 2 aromatic heterocycles. The number of aliphatic hydroxyl groups is 1. The number of alkyl carbamates (subject to hydrolysis) is 1. The molecule has 1 amide bonds. The number of nitrogens with one attached hydrogen (secondary N) is 2. The van der Waals surface area contributed by atoms with Crippen LogP contribution in [0.15, 0.2) is 91.3 Å². The zero-order valence-electron chi connectivity index (χ0n) is 26.2. The zero-order valence-corrected chi connectivity index (χ0v) is 26.2. The minimum absolute atomic E-state index is 0.131. The molecule has 1 aliphatic carbocycles. The maximum atomic E-state index is 12.2. The van der Waals surface area contributed by atoms with Gasteiger partial charge >= 0.3 is 6.09 Å². The Kier molecular flexibility index (Phi) is 8.59. The highest BCUT2D eigenvalue weighted by molar-refractivity contribution is 6.02. The average molecular weight is 604 g/mol. The molecule has 0 radical (unpaired) electrons. The van der Waals surface area contributed by atoms with Gasteiger partial charge in [-0.25, -0.2) is 9.78 Å². The van der Waals surface area contributed by atoms with Crippen LogP contribution < -0.4 is 10.8 Å². The molecule has 0 atom stereocenters. The Bertz CT molecular complexity index is 1830. The molecule has 8 nitrogen and oxygen atoms in total. The Hall–Kier alpha value is -4.69. The van der Waals surface area contributed by atoms with Crippen LogP contribution in [-0.4, -0.2) is 37.0 Å². The van der Waals surface area contributed by atoms with E-state index in [0.717, 1.165) is 70.2 Å². The van der Waals surface area contributed by atoms with Crippen molar-refractivity contribution in [2.45, 2.75) is 77.3 Å². The highest BCUT2D eigenvalue weighted by atomic mass is 16.6. The fourth-order valence-corrected chi connectivity index (χ4v) is 6.25. The summed E-state index contributed by atoms with van der Waals surface area (Å²) in [6, 6.07) is 28.9. The first kappa shape index (κ1) is 30.3. The van der Waals surface area contributed by atoms with Gasteiger partial charge in [-0.3, -0.25) is 5.41 Å². The summed E-state index contributed by atoms with van der Waals surface area (Å²) in [6.45, 7) is 6.46. The van der Waals surface area contributed by atoms with Gasteiger partial charge in [0.2, 0.25) is 0 Å². The van der Waals surface area contributed by atoms with Crippen molar-refractivity contribution < 1.29 is 14.6 Å². The third kappa shape index (κ3) is 6.71. The first-order valence-corrected chi connectivity index (χ1v) is 15.7. The van der Waals surface area contributed by atoms with Crippen molar-refractivity contribution in [1.82, 2.24) is 19.4 Å². The predicted octanol–water partition coefficient (Wildman–Crippen LogP) is 7.20. The standard InChI is InChI=1S/C37H41N5O3/c1-37(2,3)45-36(44)39-22-25-14-16-26(17-15-25)23-41-33(28-12-8-5-9-13-28)31(27-10-6-4-7-11-27)32-34(38)42(24-40-35(32)41)29-18-20-30(43)21-19-29/h4-17,24,29-30,38,43H,18-23H2,1-3H3,(H,39,44)/t29-,30-. The molecular formula is C37H41N5O3. The van der Waals surface area contributed by atoms with E-state index in [-0.39, 0.29) is 12.1 Å². The van der Waals surface area contributed by atoms with Gasteiger partial charge in [-0.2, -0.15) is 0 Å². The number of fused-ring (bicyclic) bond motifs is 1. The molecule has 0 spiro atoms. The van der Waals surface area contributed by atoms with Crippen LogP contribution in [-0.2, 0) is 17.8 Å². The van der Waals surface area contributed by atoms with Gasteiger partial charge in [0.15, 0.2) is 0 Å². The van der Waals surface area contributed by atoms with Crippen molar-refractivity contribution in [3.63, 3.8) is 0 Å². The van der Waals surface area contributed by atoms with E-state index in [1.165, 1.54) is 0 Å². The number of hydrogen-bond acceptors (Lipinski definition) is 5. The summed E-state index contributed by atoms with van der Waals surface area (Å²) < 4.78 is 9.61. The summed E-state index contributed by atoms with van der Waals surface area (Å²) in [6.07, 6.45) is 4.24. The largest absolute Gasteiger partial charge is 0.444 e. The van der Waals surface area contributed by atoms with Gasteiger partial charge < -0.3 is 24.3 Å². The van der Waals surface area contributed by atoms with Gasteiger partial charge in [0, 0.05) is 24.7 Å². The zero-order chi connectivity index (χ0) is 31.6. The third-order valence-corrected chi connectivity index (χ3v) is 8.40. The van der Waals surface area contributed by atoms with E-state index in [1.807, 2.05) is 80.2 Å². The second-order valence-electron chi connectivity index (χ2n) is 12.9. The van der Waals surface area contributed by atoms with Crippen LogP contribution in [0.4, 0.5) is 4.79 Å². The lowest BCUT2D eigenvalue weighted by Gasteiger charge is -2.27. The molecule has 2 heterocycles. The van der Waals surface area contributed by atoms with E-state index in [2.05, 4.69) is 46.3 Å². The summed E-state index contributed by atoms with van der Waals surface area (Å²) in [4.78, 5) is 17.2. The number of amides is 1. The fraction of sp³-hybridized carbons (Fsp3) is 0.324. The number of carbonyl (C=O) groups excluding carboxylic acids is 1. The summed E-state index contributed by atoms with van der Waals surface area (Å²) in [5.74, 6) is 0. The molecule has 3 aromatic carbocycles. The number of hydrogen-bond donors (Lipinski definition) is 3. The number of rotatable bonds is 7. The second-order valence-corrected chi connectivity index (χ2v) is 12.9. The lowest BCUT2D eigenvalue weighted by molar-refractivity contribution is 0.0523. The molecule has 0 unspecified atom stereocenters. The lowest BCUT2D eigenvalue weighted by atomic mass is 9.93. The molecule has 45 heavy (non-hydrogen) atoms. The fourth-order valence-electron chi connectivity index (χ4n) is 6.25. The summed E-state index contributed by atoms with van der Waals surface area (Å²) >= 11 is 0. The molecule has 6 rings (SSSR count). The van der Waals surface area contributed by atoms with Crippen LogP contribution in [0.2, 0.25) is 0 Å². The van der Waals surface area contributed by atoms with Gasteiger partial charge in [-0.1, -0.05) is 84.9 Å². The van der Waals surface area contributed by atoms with Gasteiger partial charge in [-0.15, -0.1) is 0 Å². The summed E-state index contributed by atoms with van der Waals surface area (Å²) in [5.41, 5.74) is 6.82. The van der Waals surface area contributed by atoms with E-state index in [1.54, 1.807) is 0 Å². The smallest absolute Gasteiger partial charge is 0.407 e. The van der Waals surface area contributed by atoms with Gasteiger partial charge in [0.1, 0.15) is 16.7 Å². The van der Waals surface area contributed by atoms with Gasteiger partial charge in [-0.05, 0) is 68.7 Å². The summed E-state index contributed by atoms with van der Waals surface area (Å²) in [5, 5.41) is 23.3. The number of ether oxygens (including phenoxy) is 1. The van der Waals surface area contributed by atoms with Crippen LogP contribution in [0.25, 0.3) is 33.4 Å². The maximum absolute atomic E-state index is 12.2. The number of carbonyl (C=O) groups is 1. The number of benzene rings is 3. The molecule has 5 aromatic rings. The van der Waals surface area contributed by atoms with Gasteiger partial charge in [0.25, 0.3) is 0 Å². The van der Waals surface area contributed by atoms with Crippen LogP contribution in [0.3, 0.4) is 0 Å². The molecule has 8 heteroatoms. The highest BCUT2D eigenvalue weighted by Gasteiger charge is 2.26. The van der Waals surface area contributed by atoms with Crippen LogP contribution >= 0.6 is 0 Å². The number of nitrogens with zero attached hydrogens (tertiary/aromatic N) is 3. The number of aliphatic hydroxyl groups excluding tert-OH is 1. The highest BCUT2D eigenvalue weighted by Crippen LogP contribution is 2.40. The number of aromatic nitrogens is 3. The molecule has 0 aliphatic heterocycles. The van der Waals surface area contributed by atoms with E-state index in [9.17, 15) is 15.3 Å². The molecule has 1 saturated carbocycles. The lowest BCUT2D eigenvalue weighted by Crippen LogP contribution is -2.32. The topological polar surface area (TPSA) is 105 Å². The Morgan fingerprint density at radius 1 is 0.911 bits per heavy atom. The van der Waals surface area contributed by atoms with Crippen molar-refractivity contribution in [3.05, 3.63) is 108 Å². The van der Waals surface area contributed by atoms with E-state index >= 15 is 0 Å². The Morgan fingerprint density at radius 3 is 2.13 bits per heavy atom. The molecule has 232 valence electrons. The second kappa shape index (κ2) is 12.7. The minimum atomic E-state index is -0.548. The average Bonchev–Trinajstić information content (AvgIpc) is 3.36. The first-order chi connectivity index (χ1) is 21.7. The third-order valence-electron chi connectivity index (χ3n) is 8.40. The normalized spacial score (nSPS) is 16.9. The molecule has 1 aliphatic rings. The van der Waals surface area contributed by atoms with Crippen molar-refractivity contribution in [1.29, 1.82) is 5.41 Å². The maximum Gasteiger partial charge on any atom is 0.407 e. The molecule has 0 saturated heterocycles. The van der Waals surface area contributed by atoms with Crippen molar-refractivity contribution in [2.75, 3.05) is 0 Å². The van der Waals surface area contributed by atoms with Crippen molar-refractivity contribution >= 4 is 17.1 Å². The Morgan fingerprint density at radius 2 is 1.51 bits per heavy atom.